The highest BCUT2D eigenvalue weighted by Gasteiger charge is 2.40. The zero-order valence-electron chi connectivity index (χ0n) is 18.1. The molecular formula is C26H24N2O4. The highest BCUT2D eigenvalue weighted by molar-refractivity contribution is 6.12. The highest BCUT2D eigenvalue weighted by atomic mass is 16.5. The summed E-state index contributed by atoms with van der Waals surface area (Å²) in [4.78, 5) is 29.6. The van der Waals surface area contributed by atoms with Crippen LogP contribution in [0.1, 0.15) is 12.0 Å². The molecular weight excluding hydrogens is 404 g/mol. The lowest BCUT2D eigenvalue weighted by Crippen LogP contribution is -2.37. The van der Waals surface area contributed by atoms with Gasteiger partial charge in [-0.2, -0.15) is 0 Å². The molecule has 1 atom stereocenters. The molecule has 0 N–H and O–H groups in total. The average Bonchev–Trinajstić information content (AvgIpc) is 3.38. The van der Waals surface area contributed by atoms with Gasteiger partial charge in [0.05, 0.1) is 12.8 Å². The molecule has 3 aromatic carbocycles. The molecule has 6 nitrogen and oxygen atoms in total. The molecule has 2 heterocycles. The summed E-state index contributed by atoms with van der Waals surface area (Å²) in [6.07, 6.45) is 0.470. The van der Waals surface area contributed by atoms with Crippen molar-refractivity contribution in [1.29, 1.82) is 0 Å². The Morgan fingerprint density at radius 2 is 1.81 bits per heavy atom. The maximum Gasteiger partial charge on any atom is 0.239 e. The molecule has 1 fully saturated rings. The van der Waals surface area contributed by atoms with E-state index in [0.717, 1.165) is 21.9 Å². The number of fused-ring (bicyclic) bond motifs is 3. The number of furan rings is 1. The van der Waals surface area contributed by atoms with E-state index in [9.17, 15) is 9.59 Å². The van der Waals surface area contributed by atoms with Crippen molar-refractivity contribution in [1.82, 2.24) is 4.90 Å². The molecule has 0 saturated carbocycles. The van der Waals surface area contributed by atoms with Crippen LogP contribution in [0.15, 0.2) is 71.1 Å². The van der Waals surface area contributed by atoms with Gasteiger partial charge in [-0.3, -0.25) is 9.59 Å². The van der Waals surface area contributed by atoms with Gasteiger partial charge >= 0.3 is 0 Å². The van der Waals surface area contributed by atoms with E-state index in [4.69, 9.17) is 9.15 Å². The second kappa shape index (κ2) is 8.04. The van der Waals surface area contributed by atoms with Gasteiger partial charge in [0, 0.05) is 37.0 Å². The summed E-state index contributed by atoms with van der Waals surface area (Å²) in [5, 5.41) is 1.93. The number of para-hydroxylation sites is 1. The molecule has 1 aliphatic heterocycles. The Hall–Kier alpha value is -3.80. The molecule has 1 unspecified atom stereocenters. The molecule has 5 rings (SSSR count). The van der Waals surface area contributed by atoms with E-state index < -0.39 is 5.92 Å². The van der Waals surface area contributed by atoms with Gasteiger partial charge < -0.3 is 19.0 Å². The Balaban J connectivity index is 1.42. The third-order valence-corrected chi connectivity index (χ3v) is 6.11. The minimum atomic E-state index is -0.695. The molecule has 1 saturated heterocycles. The first kappa shape index (κ1) is 20.1. The fourth-order valence-corrected chi connectivity index (χ4v) is 4.46. The summed E-state index contributed by atoms with van der Waals surface area (Å²) in [5.41, 5.74) is 3.13. The molecule has 0 aliphatic carbocycles. The minimum Gasteiger partial charge on any atom is -0.495 e. The zero-order valence-corrected chi connectivity index (χ0v) is 18.1. The van der Waals surface area contributed by atoms with Crippen LogP contribution in [-0.4, -0.2) is 37.4 Å². The summed E-state index contributed by atoms with van der Waals surface area (Å²) in [5.74, 6) is -0.475. The van der Waals surface area contributed by atoms with Gasteiger partial charge in [0.2, 0.25) is 11.8 Å². The van der Waals surface area contributed by atoms with E-state index in [1.54, 1.807) is 24.0 Å². The molecule has 1 aromatic heterocycles. The largest absolute Gasteiger partial charge is 0.495 e. The van der Waals surface area contributed by atoms with Crippen molar-refractivity contribution in [2.24, 2.45) is 5.92 Å². The number of carbonyl (C=O) groups excluding carboxylic acids is 2. The monoisotopic (exact) mass is 428 g/mol. The number of rotatable bonds is 5. The van der Waals surface area contributed by atoms with Crippen molar-refractivity contribution in [3.63, 3.8) is 0 Å². The number of anilines is 1. The van der Waals surface area contributed by atoms with E-state index in [1.807, 2.05) is 66.7 Å². The topological polar surface area (TPSA) is 63.0 Å². The standard InChI is InChI=1S/C26H24N2O4/c1-27(16-17-8-4-3-5-9-17)25(29)19-12-13-28(26(19)30)21-15-23-20(14-24(21)31-2)18-10-6-7-11-22(18)32-23/h3-11,14-15,19H,12-13,16H2,1-2H3. The quantitative estimate of drug-likeness (QED) is 0.436. The van der Waals surface area contributed by atoms with E-state index in [2.05, 4.69) is 0 Å². The van der Waals surface area contributed by atoms with Gasteiger partial charge in [-0.25, -0.2) is 0 Å². The Bertz CT molecular complexity index is 1310. The van der Waals surface area contributed by atoms with Crippen molar-refractivity contribution in [2.75, 3.05) is 25.6 Å². The van der Waals surface area contributed by atoms with Gasteiger partial charge in [0.1, 0.15) is 22.8 Å². The number of hydrogen-bond acceptors (Lipinski definition) is 4. The van der Waals surface area contributed by atoms with Gasteiger partial charge in [-0.15, -0.1) is 0 Å². The molecule has 0 radical (unpaired) electrons. The number of amides is 2. The van der Waals surface area contributed by atoms with Crippen molar-refractivity contribution in [3.8, 4) is 5.75 Å². The molecule has 4 aromatic rings. The lowest BCUT2D eigenvalue weighted by Gasteiger charge is -2.22. The maximum absolute atomic E-state index is 13.3. The Morgan fingerprint density at radius 3 is 2.59 bits per heavy atom. The van der Waals surface area contributed by atoms with Crippen LogP contribution in [0.25, 0.3) is 21.9 Å². The van der Waals surface area contributed by atoms with Crippen molar-refractivity contribution in [2.45, 2.75) is 13.0 Å². The van der Waals surface area contributed by atoms with E-state index in [-0.39, 0.29) is 11.8 Å². The second-order valence-corrected chi connectivity index (χ2v) is 8.13. The number of methoxy groups -OCH3 is 1. The van der Waals surface area contributed by atoms with Gasteiger partial charge in [0.25, 0.3) is 0 Å². The lowest BCUT2D eigenvalue weighted by atomic mass is 10.1. The van der Waals surface area contributed by atoms with Crippen LogP contribution in [0.2, 0.25) is 0 Å². The second-order valence-electron chi connectivity index (χ2n) is 8.13. The summed E-state index contributed by atoms with van der Waals surface area (Å²) in [6, 6.07) is 21.3. The first-order valence-corrected chi connectivity index (χ1v) is 10.7. The van der Waals surface area contributed by atoms with Crippen LogP contribution < -0.4 is 9.64 Å². The third-order valence-electron chi connectivity index (χ3n) is 6.11. The summed E-state index contributed by atoms with van der Waals surface area (Å²) >= 11 is 0. The highest BCUT2D eigenvalue weighted by Crippen LogP contribution is 2.40. The molecule has 0 bridgehead atoms. The summed E-state index contributed by atoms with van der Waals surface area (Å²) in [7, 11) is 3.33. The van der Waals surface area contributed by atoms with Gasteiger partial charge in [-0.05, 0) is 24.1 Å². The lowest BCUT2D eigenvalue weighted by molar-refractivity contribution is -0.139. The number of carbonyl (C=O) groups is 2. The predicted molar refractivity (Wildman–Crippen MR) is 124 cm³/mol. The van der Waals surface area contributed by atoms with E-state index >= 15 is 0 Å². The number of hydrogen-bond donors (Lipinski definition) is 0. The first-order valence-electron chi connectivity index (χ1n) is 10.7. The normalized spacial score (nSPS) is 16.1. The van der Waals surface area contributed by atoms with Crippen LogP contribution in [0, 0.1) is 5.92 Å². The minimum absolute atomic E-state index is 0.162. The molecule has 2 amide bonds. The smallest absolute Gasteiger partial charge is 0.239 e. The van der Waals surface area contributed by atoms with Crippen LogP contribution in [0.5, 0.6) is 5.75 Å². The summed E-state index contributed by atoms with van der Waals surface area (Å²) in [6.45, 7) is 0.925. The first-order chi connectivity index (χ1) is 15.6. The maximum atomic E-state index is 13.3. The number of ether oxygens (including phenoxy) is 1. The Morgan fingerprint density at radius 1 is 1.06 bits per heavy atom. The van der Waals surface area contributed by atoms with Crippen molar-refractivity contribution >= 4 is 39.4 Å². The molecule has 1 aliphatic rings. The van der Waals surface area contributed by atoms with E-state index in [1.165, 1.54) is 0 Å². The third kappa shape index (κ3) is 3.38. The van der Waals surface area contributed by atoms with Crippen LogP contribution in [0.4, 0.5) is 5.69 Å². The molecule has 0 spiro atoms. The van der Waals surface area contributed by atoms with Gasteiger partial charge in [0.15, 0.2) is 0 Å². The summed E-state index contributed by atoms with van der Waals surface area (Å²) < 4.78 is 11.6. The number of benzene rings is 3. The van der Waals surface area contributed by atoms with Crippen LogP contribution >= 0.6 is 0 Å². The van der Waals surface area contributed by atoms with Crippen molar-refractivity contribution in [3.05, 3.63) is 72.3 Å². The average molecular weight is 428 g/mol. The number of nitrogens with zero attached hydrogens (tertiary/aromatic N) is 2. The zero-order chi connectivity index (χ0) is 22.2. The fraction of sp³-hybridized carbons (Fsp3) is 0.231. The molecule has 6 heteroatoms. The van der Waals surface area contributed by atoms with Crippen LogP contribution in [-0.2, 0) is 16.1 Å². The van der Waals surface area contributed by atoms with E-state index in [0.29, 0.717) is 36.5 Å². The van der Waals surface area contributed by atoms with Gasteiger partial charge in [-0.1, -0.05) is 48.5 Å². The van der Waals surface area contributed by atoms with Crippen LogP contribution in [0.3, 0.4) is 0 Å². The SMILES string of the molecule is COc1cc2c(cc1N1CCC(C(=O)N(C)Cc3ccccc3)C1=O)oc1ccccc12. The molecule has 162 valence electrons. The Kier molecular flexibility index (Phi) is 5.05. The predicted octanol–water partition coefficient (Wildman–Crippen LogP) is 4.61. The van der Waals surface area contributed by atoms with Crippen molar-refractivity contribution < 1.29 is 18.7 Å². The molecule has 32 heavy (non-hydrogen) atoms. The fourth-order valence-electron chi connectivity index (χ4n) is 4.46. The Labute approximate surface area is 186 Å².